The summed E-state index contributed by atoms with van der Waals surface area (Å²) in [6.07, 6.45) is 7.91. The molecule has 0 radical (unpaired) electrons. The van der Waals surface area contributed by atoms with Gasteiger partial charge in [0.2, 0.25) is 0 Å². The zero-order chi connectivity index (χ0) is 12.4. The Morgan fingerprint density at radius 1 is 1.20 bits per heavy atom. The molecule has 0 heterocycles. The Balaban J connectivity index is 0.000000423. The zero-order valence-electron chi connectivity index (χ0n) is 9.94. The molecule has 0 aliphatic heterocycles. The average molecular weight is 481 g/mol. The van der Waals surface area contributed by atoms with Crippen LogP contribution < -0.4 is 0 Å². The number of carbonyl (C=O) groups is 1. The third-order valence-corrected chi connectivity index (χ3v) is 5.51. The van der Waals surface area contributed by atoms with E-state index in [0.29, 0.717) is 0 Å². The molecule has 0 aromatic rings. The summed E-state index contributed by atoms with van der Waals surface area (Å²) in [5, 5.41) is 0. The van der Waals surface area contributed by atoms with Crippen LogP contribution in [0, 0.1) is 0 Å². The van der Waals surface area contributed by atoms with Crippen molar-refractivity contribution in [3.05, 3.63) is 22.7 Å². The molecule has 0 atom stereocenters. The Hall–Kier alpha value is 1.12. The fraction of sp³-hybridized carbons (Fsp3) is 0.545. The molecule has 0 saturated heterocycles. The van der Waals surface area contributed by atoms with Crippen molar-refractivity contribution in [2.45, 2.75) is 35.7 Å². The predicted octanol–water partition coefficient (Wildman–Crippen LogP) is 6.27. The second-order valence-corrected chi connectivity index (χ2v) is 23.3. The van der Waals surface area contributed by atoms with Crippen LogP contribution >= 0.6 is 45.2 Å². The molecule has 0 aromatic carbocycles. The molecule has 1 nitrogen and oxygen atoms in total. The van der Waals surface area contributed by atoms with Crippen LogP contribution in [0.15, 0.2) is 22.7 Å². The number of carbonyl (C=O) groups excluding carboxylic acids is 1. The number of allylic oxidation sites excluding steroid dienone is 4. The Labute approximate surface area is 119 Å². The van der Waals surface area contributed by atoms with E-state index in [1.165, 1.54) is 6.42 Å². The summed E-state index contributed by atoms with van der Waals surface area (Å²) in [5.74, 6) is 12.2. The van der Waals surface area contributed by atoms with E-state index in [-0.39, 0.29) is 1.80 Å². The van der Waals surface area contributed by atoms with Crippen LogP contribution in [0.4, 0.5) is 4.79 Å². The average Bonchev–Trinajstić information content (AvgIpc) is 2.27. The van der Waals surface area contributed by atoms with Gasteiger partial charge in [-0.3, -0.25) is 4.79 Å². The number of hydrogen-bond donors (Lipinski definition) is 0. The molecule has 0 amide bonds. The monoisotopic (exact) mass is 481 g/mol. The standard InChI is InChI=1S/C5H5.CI2O.5CH3.Co/c1-2-4-5-3-1;2-1(3)4;;;;;;/h1-3H,4H2;;5*1H3;. The molecule has 0 spiro atoms. The molecule has 1 aliphatic rings. The summed E-state index contributed by atoms with van der Waals surface area (Å²) in [7, 11) is -2.01. The SMILES string of the molecule is O=C(I)I.[CH3][Co]([CH3])([CH3])([CH3])([CH3])[C]1=CC=CC1. The summed E-state index contributed by atoms with van der Waals surface area (Å²) >= 11 is 3.38. The Kier molecular flexibility index (Phi) is 4.75. The quantitative estimate of drug-likeness (QED) is 0.319. The summed E-state index contributed by atoms with van der Waals surface area (Å²) in [5.41, 5.74) is 0. The minimum atomic E-state index is -2.01. The second-order valence-electron chi connectivity index (χ2n) is 5.61. The van der Waals surface area contributed by atoms with Gasteiger partial charge in [-0.05, 0) is 0 Å². The topological polar surface area (TPSA) is 17.1 Å². The van der Waals surface area contributed by atoms with E-state index in [1.807, 2.05) is 0 Å². The fourth-order valence-corrected chi connectivity index (χ4v) is 3.18. The molecule has 0 N–H and O–H groups in total. The van der Waals surface area contributed by atoms with Gasteiger partial charge >= 0.3 is 69.0 Å². The molecular weight excluding hydrogens is 461 g/mol. The first-order valence-electron chi connectivity index (χ1n) is 4.13. The van der Waals surface area contributed by atoms with Crippen LogP contribution in [-0.4, -0.2) is 1.80 Å². The molecule has 15 heavy (non-hydrogen) atoms. The Morgan fingerprint density at radius 3 is 1.73 bits per heavy atom. The first kappa shape index (κ1) is 16.1. The van der Waals surface area contributed by atoms with Crippen LogP contribution in [0.1, 0.15) is 6.42 Å². The molecule has 0 unspecified atom stereocenters. The van der Waals surface area contributed by atoms with Crippen molar-refractivity contribution in [2.75, 3.05) is 0 Å². The summed E-state index contributed by atoms with van der Waals surface area (Å²) < 4.78 is 1.75. The van der Waals surface area contributed by atoms with Crippen molar-refractivity contribution in [2.24, 2.45) is 0 Å². The third-order valence-electron chi connectivity index (χ3n) is 1.78. The van der Waals surface area contributed by atoms with Gasteiger partial charge in [0, 0.05) is 45.2 Å². The molecule has 1 aliphatic carbocycles. The molecule has 0 aromatic heterocycles. The summed E-state index contributed by atoms with van der Waals surface area (Å²) in [6, 6.07) is 0. The molecular formula is C11H20CoI2O. The van der Waals surface area contributed by atoms with E-state index < -0.39 is 10.5 Å². The van der Waals surface area contributed by atoms with Gasteiger partial charge in [0.05, 0.1) is 0 Å². The molecule has 0 bridgehead atoms. The molecule has 1 rings (SSSR count). The first-order chi connectivity index (χ1) is 6.33. The molecule has 0 fully saturated rings. The van der Waals surface area contributed by atoms with E-state index in [1.54, 1.807) is 49.7 Å². The van der Waals surface area contributed by atoms with Crippen LogP contribution in [-0.2, 0) is 10.5 Å². The van der Waals surface area contributed by atoms with Crippen molar-refractivity contribution in [3.8, 4) is 0 Å². The van der Waals surface area contributed by atoms with Crippen LogP contribution in [0.3, 0.4) is 0 Å². The van der Waals surface area contributed by atoms with Gasteiger partial charge in [-0.25, -0.2) is 0 Å². The van der Waals surface area contributed by atoms with E-state index >= 15 is 0 Å². The van der Waals surface area contributed by atoms with Crippen molar-refractivity contribution in [3.63, 3.8) is 0 Å². The molecule has 0 saturated carbocycles. The predicted molar refractivity (Wildman–Crippen MR) is 84.6 cm³/mol. The first-order valence-corrected chi connectivity index (χ1v) is 12.0. The summed E-state index contributed by atoms with van der Waals surface area (Å²) in [4.78, 5) is 9.42. The van der Waals surface area contributed by atoms with Crippen LogP contribution in [0.25, 0.3) is 0 Å². The molecule has 93 valence electrons. The fourth-order valence-electron chi connectivity index (χ4n) is 1.03. The van der Waals surface area contributed by atoms with Gasteiger partial charge in [0.1, 0.15) is 0 Å². The molecule has 4 heteroatoms. The van der Waals surface area contributed by atoms with Gasteiger partial charge in [0.15, 0.2) is 0 Å². The van der Waals surface area contributed by atoms with E-state index in [2.05, 4.69) is 47.5 Å². The maximum atomic E-state index is 9.42. The minimum absolute atomic E-state index is 0.107. The third kappa shape index (κ3) is 7.92. The Bertz CT molecular complexity index is 315. The van der Waals surface area contributed by atoms with Crippen molar-refractivity contribution in [1.29, 1.82) is 0 Å². The maximum absolute atomic E-state index is 9.42. The van der Waals surface area contributed by atoms with E-state index in [9.17, 15) is 4.79 Å². The van der Waals surface area contributed by atoms with Gasteiger partial charge in [0.25, 0.3) is 1.80 Å². The van der Waals surface area contributed by atoms with Crippen LogP contribution in [0.5, 0.6) is 0 Å². The van der Waals surface area contributed by atoms with Crippen LogP contribution in [0.2, 0.25) is 29.3 Å². The van der Waals surface area contributed by atoms with Crippen molar-refractivity contribution in [1.82, 2.24) is 0 Å². The van der Waals surface area contributed by atoms with Crippen molar-refractivity contribution < 1.29 is 15.3 Å². The van der Waals surface area contributed by atoms with E-state index in [0.717, 1.165) is 0 Å². The van der Waals surface area contributed by atoms with Gasteiger partial charge in [-0.1, -0.05) is 0 Å². The summed E-state index contributed by atoms with van der Waals surface area (Å²) in [6.45, 7) is 0. The van der Waals surface area contributed by atoms with E-state index in [4.69, 9.17) is 0 Å². The Morgan fingerprint density at radius 2 is 1.60 bits per heavy atom. The van der Waals surface area contributed by atoms with Gasteiger partial charge < -0.3 is 0 Å². The second kappa shape index (κ2) is 4.42. The van der Waals surface area contributed by atoms with Gasteiger partial charge in [-0.2, -0.15) is 0 Å². The number of hydrogen-bond acceptors (Lipinski definition) is 1. The van der Waals surface area contributed by atoms with Crippen molar-refractivity contribution >= 4 is 47.0 Å². The van der Waals surface area contributed by atoms with Gasteiger partial charge in [-0.15, -0.1) is 0 Å². The zero-order valence-corrected chi connectivity index (χ0v) is 15.3. The normalized spacial score (nSPS) is 19.5. The number of halogens is 2. The number of rotatable bonds is 1.